The van der Waals surface area contributed by atoms with Gasteiger partial charge in [0.2, 0.25) is 0 Å². The van der Waals surface area contributed by atoms with E-state index in [1.54, 1.807) is 58.2 Å². The van der Waals surface area contributed by atoms with Gasteiger partial charge < -0.3 is 9.64 Å². The average molecular weight is 463 g/mol. The number of aromatic nitrogens is 2. The van der Waals surface area contributed by atoms with Crippen LogP contribution >= 0.6 is 23.2 Å². The van der Waals surface area contributed by atoms with Crippen LogP contribution in [0.3, 0.4) is 0 Å². The van der Waals surface area contributed by atoms with Gasteiger partial charge in [0, 0.05) is 54.5 Å². The minimum atomic E-state index is -0.308. The Bertz CT molecular complexity index is 1030. The van der Waals surface area contributed by atoms with Gasteiger partial charge >= 0.3 is 0 Å². The van der Waals surface area contributed by atoms with Crippen molar-refractivity contribution in [3.8, 4) is 5.75 Å². The minimum absolute atomic E-state index is 0.131. The largest absolute Gasteiger partial charge is 0.471 e. The number of hydrogen-bond donors (Lipinski definition) is 0. The highest BCUT2D eigenvalue weighted by atomic mass is 35.5. The molecule has 0 saturated carbocycles. The second-order valence-corrected chi connectivity index (χ2v) is 8.08. The summed E-state index contributed by atoms with van der Waals surface area (Å²) in [6.07, 6.45) is 1.71. The van der Waals surface area contributed by atoms with Crippen molar-refractivity contribution in [2.75, 3.05) is 26.2 Å². The van der Waals surface area contributed by atoms with Crippen LogP contribution in [0.1, 0.15) is 16.1 Å². The molecule has 3 aromatic rings. The van der Waals surface area contributed by atoms with Crippen molar-refractivity contribution in [3.05, 3.63) is 81.8 Å². The zero-order valence-corrected chi connectivity index (χ0v) is 18.2. The molecule has 162 valence electrons. The summed E-state index contributed by atoms with van der Waals surface area (Å²) in [5.41, 5.74) is 0.855. The van der Waals surface area contributed by atoms with Crippen molar-refractivity contribution >= 4 is 29.1 Å². The maximum atomic E-state index is 14.0. The quantitative estimate of drug-likeness (QED) is 0.547. The molecule has 31 heavy (non-hydrogen) atoms. The normalized spacial score (nSPS) is 14.6. The van der Waals surface area contributed by atoms with Gasteiger partial charge in [0.05, 0.1) is 0 Å². The lowest BCUT2D eigenvalue weighted by Gasteiger charge is -2.34. The lowest BCUT2D eigenvalue weighted by Crippen LogP contribution is -2.48. The molecule has 0 radical (unpaired) electrons. The second kappa shape index (κ2) is 9.68. The Morgan fingerprint density at radius 2 is 1.77 bits per heavy atom. The van der Waals surface area contributed by atoms with Gasteiger partial charge in [0.1, 0.15) is 11.6 Å². The Morgan fingerprint density at radius 3 is 2.48 bits per heavy atom. The van der Waals surface area contributed by atoms with E-state index in [-0.39, 0.29) is 18.5 Å². The van der Waals surface area contributed by atoms with E-state index in [0.717, 1.165) is 0 Å². The number of rotatable bonds is 6. The van der Waals surface area contributed by atoms with Crippen molar-refractivity contribution in [1.82, 2.24) is 19.6 Å². The third-order valence-electron chi connectivity index (χ3n) is 5.14. The number of benzene rings is 2. The molecule has 1 aliphatic rings. The predicted octanol–water partition coefficient (Wildman–Crippen LogP) is 4.32. The molecule has 0 aliphatic carbocycles. The Balaban J connectivity index is 1.29. The molecule has 6 nitrogen and oxygen atoms in total. The molecule has 2 aromatic carbocycles. The van der Waals surface area contributed by atoms with Crippen molar-refractivity contribution < 1.29 is 13.9 Å². The van der Waals surface area contributed by atoms with Crippen LogP contribution in [-0.4, -0.2) is 51.7 Å². The maximum absolute atomic E-state index is 14.0. The van der Waals surface area contributed by atoms with Gasteiger partial charge in [-0.25, -0.2) is 9.07 Å². The van der Waals surface area contributed by atoms with Gasteiger partial charge in [-0.15, -0.1) is 0 Å². The third-order valence-corrected chi connectivity index (χ3v) is 5.75. The minimum Gasteiger partial charge on any atom is -0.471 e. The van der Waals surface area contributed by atoms with Crippen LogP contribution in [0.25, 0.3) is 0 Å². The first-order valence-electron chi connectivity index (χ1n) is 9.86. The molecule has 9 heteroatoms. The fraction of sp³-hybridized carbons (Fsp3) is 0.273. The summed E-state index contributed by atoms with van der Waals surface area (Å²) in [5, 5.41) is 5.38. The van der Waals surface area contributed by atoms with E-state index < -0.39 is 0 Å². The van der Waals surface area contributed by atoms with E-state index in [0.29, 0.717) is 59.8 Å². The highest BCUT2D eigenvalue weighted by molar-refractivity contribution is 6.31. The lowest BCUT2D eigenvalue weighted by molar-refractivity contribution is 0.0619. The van der Waals surface area contributed by atoms with Gasteiger partial charge in [-0.1, -0.05) is 29.3 Å². The summed E-state index contributed by atoms with van der Waals surface area (Å²) < 4.78 is 21.2. The Morgan fingerprint density at radius 1 is 1.03 bits per heavy atom. The first-order valence-corrected chi connectivity index (χ1v) is 10.6. The average Bonchev–Trinajstić information content (AvgIpc) is 3.25. The van der Waals surface area contributed by atoms with Crippen LogP contribution in [-0.2, 0) is 13.3 Å². The van der Waals surface area contributed by atoms with Gasteiger partial charge in [-0.05, 0) is 42.5 Å². The standard InChI is InChI=1S/C22H21Cl2FN4O2/c23-16-4-6-17(7-5-16)31-15-29-9-8-21(26-29)22(30)28-12-10-27(11-13-28)14-18-19(24)2-1-3-20(18)25/h1-9H,10-15H2. The van der Waals surface area contributed by atoms with E-state index in [4.69, 9.17) is 27.9 Å². The number of amides is 1. The Hall–Kier alpha value is -2.61. The van der Waals surface area contributed by atoms with Gasteiger partial charge in [0.15, 0.2) is 12.4 Å². The number of carbonyl (C=O) groups excluding carboxylic acids is 1. The fourth-order valence-corrected chi connectivity index (χ4v) is 3.75. The second-order valence-electron chi connectivity index (χ2n) is 7.24. The molecule has 0 N–H and O–H groups in total. The predicted molar refractivity (Wildman–Crippen MR) is 117 cm³/mol. The zero-order valence-electron chi connectivity index (χ0n) is 16.7. The van der Waals surface area contributed by atoms with Crippen molar-refractivity contribution in [2.24, 2.45) is 0 Å². The molecule has 0 spiro atoms. The number of nitrogens with zero attached hydrogens (tertiary/aromatic N) is 4. The molecule has 1 aliphatic heterocycles. The number of hydrogen-bond acceptors (Lipinski definition) is 4. The zero-order chi connectivity index (χ0) is 21.8. The van der Waals surface area contributed by atoms with Crippen LogP contribution in [0.2, 0.25) is 10.0 Å². The van der Waals surface area contributed by atoms with Crippen LogP contribution in [0.15, 0.2) is 54.7 Å². The van der Waals surface area contributed by atoms with Gasteiger partial charge in [-0.2, -0.15) is 5.10 Å². The van der Waals surface area contributed by atoms with E-state index in [9.17, 15) is 9.18 Å². The van der Waals surface area contributed by atoms with Crippen LogP contribution in [0, 0.1) is 5.82 Å². The van der Waals surface area contributed by atoms with Crippen molar-refractivity contribution in [2.45, 2.75) is 13.3 Å². The highest BCUT2D eigenvalue weighted by Crippen LogP contribution is 2.21. The molecular formula is C22H21Cl2FN4O2. The van der Waals surface area contributed by atoms with Crippen molar-refractivity contribution in [3.63, 3.8) is 0 Å². The topological polar surface area (TPSA) is 50.6 Å². The summed E-state index contributed by atoms with van der Waals surface area (Å²) in [7, 11) is 0. The molecule has 1 aromatic heterocycles. The monoisotopic (exact) mass is 462 g/mol. The molecule has 0 unspecified atom stereocenters. The van der Waals surface area contributed by atoms with Gasteiger partial charge in [0.25, 0.3) is 5.91 Å². The summed E-state index contributed by atoms with van der Waals surface area (Å²) in [4.78, 5) is 16.6. The summed E-state index contributed by atoms with van der Waals surface area (Å²) >= 11 is 12.0. The van der Waals surface area contributed by atoms with E-state index >= 15 is 0 Å². The van der Waals surface area contributed by atoms with Crippen LogP contribution < -0.4 is 4.74 Å². The molecule has 0 bridgehead atoms. The number of carbonyl (C=O) groups is 1. The Kier molecular flexibility index (Phi) is 6.75. The van der Waals surface area contributed by atoms with E-state index in [1.165, 1.54) is 6.07 Å². The van der Waals surface area contributed by atoms with Crippen LogP contribution in [0.5, 0.6) is 5.75 Å². The molecule has 1 saturated heterocycles. The summed E-state index contributed by atoms with van der Waals surface area (Å²) in [6.45, 7) is 2.96. The summed E-state index contributed by atoms with van der Waals surface area (Å²) in [6, 6.07) is 13.4. The number of piperazine rings is 1. The van der Waals surface area contributed by atoms with Crippen molar-refractivity contribution in [1.29, 1.82) is 0 Å². The highest BCUT2D eigenvalue weighted by Gasteiger charge is 2.24. The van der Waals surface area contributed by atoms with E-state index in [2.05, 4.69) is 10.00 Å². The maximum Gasteiger partial charge on any atom is 0.274 e. The lowest BCUT2D eigenvalue weighted by atomic mass is 10.1. The first-order chi connectivity index (χ1) is 15.0. The fourth-order valence-electron chi connectivity index (χ4n) is 3.40. The Labute approximate surface area is 189 Å². The van der Waals surface area contributed by atoms with Crippen LogP contribution in [0.4, 0.5) is 4.39 Å². The number of ether oxygens (including phenoxy) is 1. The first kappa shape index (κ1) is 21.6. The molecular weight excluding hydrogens is 442 g/mol. The van der Waals surface area contributed by atoms with E-state index in [1.807, 2.05) is 0 Å². The molecule has 2 heterocycles. The SMILES string of the molecule is O=C(c1ccn(COc2ccc(Cl)cc2)n1)N1CCN(Cc2c(F)cccc2Cl)CC1. The molecule has 1 amide bonds. The third kappa shape index (κ3) is 5.36. The number of halogens is 3. The molecule has 1 fully saturated rings. The smallest absolute Gasteiger partial charge is 0.274 e. The molecule has 4 rings (SSSR count). The van der Waals surface area contributed by atoms with Gasteiger partial charge in [-0.3, -0.25) is 9.69 Å². The molecule has 0 atom stereocenters. The summed E-state index contributed by atoms with van der Waals surface area (Å²) in [5.74, 6) is 0.227.